The lowest BCUT2D eigenvalue weighted by Gasteiger charge is -2.15. The van der Waals surface area contributed by atoms with E-state index in [4.69, 9.17) is 4.74 Å². The largest absolute Gasteiger partial charge is 0.382 e. The molecule has 0 aliphatic rings. The summed E-state index contributed by atoms with van der Waals surface area (Å²) in [5, 5.41) is 3.34. The standard InChI is InChI=1S/C10H21NO/c1-5-10(11-6-2)8-7-9(3)12-4/h5,9-11H,1,6-8H2,2-4H3. The van der Waals surface area contributed by atoms with Crippen molar-refractivity contribution in [2.45, 2.75) is 38.8 Å². The first-order chi connectivity index (χ1) is 5.74. The van der Waals surface area contributed by atoms with Crippen LogP contribution in [-0.2, 0) is 4.74 Å². The Morgan fingerprint density at radius 1 is 1.50 bits per heavy atom. The van der Waals surface area contributed by atoms with Crippen LogP contribution in [0.25, 0.3) is 0 Å². The Bertz CT molecular complexity index is 114. The molecular formula is C10H21NO. The van der Waals surface area contributed by atoms with Crippen molar-refractivity contribution in [1.29, 1.82) is 0 Å². The van der Waals surface area contributed by atoms with Crippen molar-refractivity contribution in [2.75, 3.05) is 13.7 Å². The zero-order valence-electron chi connectivity index (χ0n) is 8.47. The Kier molecular flexibility index (Phi) is 7.11. The summed E-state index contributed by atoms with van der Waals surface area (Å²) < 4.78 is 5.16. The molecule has 2 unspecified atom stereocenters. The predicted octanol–water partition coefficient (Wildman–Crippen LogP) is 1.97. The van der Waals surface area contributed by atoms with E-state index >= 15 is 0 Å². The lowest BCUT2D eigenvalue weighted by Crippen LogP contribution is -2.27. The summed E-state index contributed by atoms with van der Waals surface area (Å²) in [6.45, 7) is 8.97. The van der Waals surface area contributed by atoms with Crippen molar-refractivity contribution in [2.24, 2.45) is 0 Å². The van der Waals surface area contributed by atoms with Crippen LogP contribution in [0.2, 0.25) is 0 Å². The molecule has 0 aromatic heterocycles. The minimum atomic E-state index is 0.353. The first kappa shape index (κ1) is 11.7. The second kappa shape index (κ2) is 7.32. The van der Waals surface area contributed by atoms with Crippen molar-refractivity contribution < 1.29 is 4.74 Å². The maximum absolute atomic E-state index is 5.16. The molecule has 0 spiro atoms. The average molecular weight is 171 g/mol. The summed E-state index contributed by atoms with van der Waals surface area (Å²) in [7, 11) is 1.75. The van der Waals surface area contributed by atoms with Gasteiger partial charge in [0.05, 0.1) is 6.10 Å². The van der Waals surface area contributed by atoms with Gasteiger partial charge in [-0.2, -0.15) is 0 Å². The Morgan fingerprint density at radius 3 is 2.58 bits per heavy atom. The monoisotopic (exact) mass is 171 g/mol. The first-order valence-corrected chi connectivity index (χ1v) is 4.63. The lowest BCUT2D eigenvalue weighted by atomic mass is 10.1. The highest BCUT2D eigenvalue weighted by Crippen LogP contribution is 2.04. The molecule has 0 radical (unpaired) electrons. The lowest BCUT2D eigenvalue weighted by molar-refractivity contribution is 0.107. The quantitative estimate of drug-likeness (QED) is 0.591. The fourth-order valence-electron chi connectivity index (χ4n) is 1.10. The minimum absolute atomic E-state index is 0.353. The third-order valence-electron chi connectivity index (χ3n) is 2.04. The van der Waals surface area contributed by atoms with E-state index < -0.39 is 0 Å². The van der Waals surface area contributed by atoms with Crippen LogP contribution in [0.5, 0.6) is 0 Å². The highest BCUT2D eigenvalue weighted by Gasteiger charge is 2.04. The Hall–Kier alpha value is -0.340. The van der Waals surface area contributed by atoms with Crippen molar-refractivity contribution in [3.05, 3.63) is 12.7 Å². The third-order valence-corrected chi connectivity index (χ3v) is 2.04. The van der Waals surface area contributed by atoms with Crippen LogP contribution in [0.3, 0.4) is 0 Å². The molecule has 2 atom stereocenters. The maximum atomic E-state index is 5.16. The fourth-order valence-corrected chi connectivity index (χ4v) is 1.10. The number of hydrogen-bond donors (Lipinski definition) is 1. The molecule has 2 nitrogen and oxygen atoms in total. The van der Waals surface area contributed by atoms with Crippen LogP contribution in [0.15, 0.2) is 12.7 Å². The average Bonchev–Trinajstić information content (AvgIpc) is 2.11. The molecule has 0 aromatic rings. The molecule has 12 heavy (non-hydrogen) atoms. The van der Waals surface area contributed by atoms with Crippen molar-refractivity contribution >= 4 is 0 Å². The van der Waals surface area contributed by atoms with Crippen molar-refractivity contribution in [1.82, 2.24) is 5.32 Å². The van der Waals surface area contributed by atoms with E-state index in [2.05, 4.69) is 25.7 Å². The van der Waals surface area contributed by atoms with Gasteiger partial charge >= 0.3 is 0 Å². The molecule has 1 N–H and O–H groups in total. The summed E-state index contributed by atoms with van der Waals surface area (Å²) in [5.41, 5.74) is 0. The van der Waals surface area contributed by atoms with Gasteiger partial charge in [0.25, 0.3) is 0 Å². The normalized spacial score (nSPS) is 15.6. The Balaban J connectivity index is 3.49. The molecule has 2 heteroatoms. The van der Waals surface area contributed by atoms with Crippen LogP contribution in [0.1, 0.15) is 26.7 Å². The molecule has 0 aliphatic heterocycles. The Labute approximate surface area is 76.0 Å². The van der Waals surface area contributed by atoms with Gasteiger partial charge in [0.2, 0.25) is 0 Å². The first-order valence-electron chi connectivity index (χ1n) is 4.63. The SMILES string of the molecule is C=CC(CCC(C)OC)NCC. The van der Waals surface area contributed by atoms with E-state index in [1.807, 2.05) is 6.08 Å². The van der Waals surface area contributed by atoms with Crippen molar-refractivity contribution in [3.63, 3.8) is 0 Å². The predicted molar refractivity (Wildman–Crippen MR) is 53.4 cm³/mol. The molecule has 0 rings (SSSR count). The number of ether oxygens (including phenoxy) is 1. The Morgan fingerprint density at radius 2 is 2.17 bits per heavy atom. The highest BCUT2D eigenvalue weighted by molar-refractivity contribution is 4.85. The molecule has 0 saturated heterocycles. The van der Waals surface area contributed by atoms with Gasteiger partial charge in [-0.25, -0.2) is 0 Å². The fraction of sp³-hybridized carbons (Fsp3) is 0.800. The summed E-state index contributed by atoms with van der Waals surface area (Å²) in [6.07, 6.45) is 4.50. The molecule has 0 aliphatic carbocycles. The third kappa shape index (κ3) is 5.33. The van der Waals surface area contributed by atoms with Gasteiger partial charge in [-0.15, -0.1) is 6.58 Å². The number of rotatable bonds is 7. The molecular weight excluding hydrogens is 150 g/mol. The summed E-state index contributed by atoms with van der Waals surface area (Å²) >= 11 is 0. The van der Waals surface area contributed by atoms with Crippen LogP contribution in [-0.4, -0.2) is 25.8 Å². The second-order valence-electron chi connectivity index (χ2n) is 3.02. The van der Waals surface area contributed by atoms with E-state index in [1.165, 1.54) is 0 Å². The van der Waals surface area contributed by atoms with Gasteiger partial charge in [-0.3, -0.25) is 0 Å². The van der Waals surface area contributed by atoms with Gasteiger partial charge in [-0.1, -0.05) is 13.0 Å². The summed E-state index contributed by atoms with van der Waals surface area (Å²) in [6, 6.07) is 0.438. The van der Waals surface area contributed by atoms with Gasteiger partial charge in [0.1, 0.15) is 0 Å². The van der Waals surface area contributed by atoms with Crippen LogP contribution >= 0.6 is 0 Å². The van der Waals surface area contributed by atoms with E-state index in [1.54, 1.807) is 7.11 Å². The van der Waals surface area contributed by atoms with Crippen LogP contribution in [0.4, 0.5) is 0 Å². The summed E-state index contributed by atoms with van der Waals surface area (Å²) in [4.78, 5) is 0. The van der Waals surface area contributed by atoms with Crippen LogP contribution in [0, 0.1) is 0 Å². The molecule has 0 bridgehead atoms. The van der Waals surface area contributed by atoms with Gasteiger partial charge in [-0.05, 0) is 26.3 Å². The zero-order valence-corrected chi connectivity index (χ0v) is 8.47. The minimum Gasteiger partial charge on any atom is -0.382 e. The molecule has 72 valence electrons. The summed E-state index contributed by atoms with van der Waals surface area (Å²) in [5.74, 6) is 0. The second-order valence-corrected chi connectivity index (χ2v) is 3.02. The number of hydrogen-bond acceptors (Lipinski definition) is 2. The molecule has 0 aromatic carbocycles. The highest BCUT2D eigenvalue weighted by atomic mass is 16.5. The number of likely N-dealkylation sites (N-methyl/N-ethyl adjacent to an activating group) is 1. The van der Waals surface area contributed by atoms with E-state index in [-0.39, 0.29) is 0 Å². The molecule has 0 amide bonds. The number of nitrogens with one attached hydrogen (secondary N) is 1. The van der Waals surface area contributed by atoms with E-state index in [0.717, 1.165) is 19.4 Å². The van der Waals surface area contributed by atoms with Gasteiger partial charge < -0.3 is 10.1 Å². The van der Waals surface area contributed by atoms with Gasteiger partial charge in [0, 0.05) is 13.2 Å². The zero-order chi connectivity index (χ0) is 9.40. The molecule has 0 saturated carbocycles. The van der Waals surface area contributed by atoms with E-state index in [0.29, 0.717) is 12.1 Å². The van der Waals surface area contributed by atoms with Gasteiger partial charge in [0.15, 0.2) is 0 Å². The van der Waals surface area contributed by atoms with Crippen LogP contribution < -0.4 is 5.32 Å². The van der Waals surface area contributed by atoms with E-state index in [9.17, 15) is 0 Å². The van der Waals surface area contributed by atoms with Crippen molar-refractivity contribution in [3.8, 4) is 0 Å². The topological polar surface area (TPSA) is 21.3 Å². The molecule has 0 fully saturated rings. The smallest absolute Gasteiger partial charge is 0.0543 e. The number of methoxy groups -OCH3 is 1. The molecule has 0 heterocycles. The maximum Gasteiger partial charge on any atom is 0.0543 e.